The number of ether oxygens (including phenoxy) is 1. The highest BCUT2D eigenvalue weighted by Gasteiger charge is 2.70. The highest BCUT2D eigenvalue weighted by Crippen LogP contribution is 2.43. The van der Waals surface area contributed by atoms with Crippen molar-refractivity contribution in [2.45, 2.75) is 35.6 Å². The molecule has 1 rings (SSSR count). The van der Waals surface area contributed by atoms with Crippen molar-refractivity contribution in [1.29, 1.82) is 0 Å². The van der Waals surface area contributed by atoms with Crippen LogP contribution in [0, 0.1) is 5.82 Å². The predicted molar refractivity (Wildman–Crippen MR) is 67.9 cm³/mol. The van der Waals surface area contributed by atoms with E-state index in [9.17, 15) is 52.3 Å². The van der Waals surface area contributed by atoms with Crippen molar-refractivity contribution < 1.29 is 66.7 Å². The van der Waals surface area contributed by atoms with Crippen LogP contribution in [0.1, 0.15) is 11.1 Å². The molecule has 16 heteroatoms. The molecule has 5 nitrogen and oxygen atoms in total. The van der Waals surface area contributed by atoms with E-state index in [-0.39, 0.29) is 6.07 Å². The molecule has 0 saturated heterocycles. The number of halogens is 10. The van der Waals surface area contributed by atoms with E-state index in [2.05, 4.69) is 4.74 Å². The first kappa shape index (κ1) is 24.4. The van der Waals surface area contributed by atoms with Crippen molar-refractivity contribution in [1.82, 2.24) is 0 Å². The molecular weight excluding hydrogens is 446 g/mol. The van der Waals surface area contributed by atoms with E-state index < -0.39 is 75.4 Å². The van der Waals surface area contributed by atoms with Crippen molar-refractivity contribution in [3.05, 3.63) is 29.1 Å². The number of benzene rings is 1. The van der Waals surface area contributed by atoms with E-state index in [0.717, 1.165) is 0 Å². The summed E-state index contributed by atoms with van der Waals surface area (Å²) < 4.78 is 161. The van der Waals surface area contributed by atoms with Gasteiger partial charge in [-0.25, -0.2) is 4.39 Å². The highest BCUT2D eigenvalue weighted by atomic mass is 32.2. The van der Waals surface area contributed by atoms with Gasteiger partial charge in [-0.05, 0) is 17.7 Å². The third kappa shape index (κ3) is 5.03. The summed E-state index contributed by atoms with van der Waals surface area (Å²) in [5, 5.41) is 8.81. The van der Waals surface area contributed by atoms with E-state index in [0.29, 0.717) is 0 Å². The maximum absolute atomic E-state index is 13.6. The van der Waals surface area contributed by atoms with Gasteiger partial charge in [-0.2, -0.15) is 47.9 Å². The lowest BCUT2D eigenvalue weighted by molar-refractivity contribution is -0.378. The van der Waals surface area contributed by atoms with Crippen LogP contribution in [0.5, 0.6) is 0 Å². The van der Waals surface area contributed by atoms with Gasteiger partial charge in [0, 0.05) is 0 Å². The Morgan fingerprint density at radius 1 is 0.929 bits per heavy atom. The van der Waals surface area contributed by atoms with Crippen LogP contribution in [0.2, 0.25) is 0 Å². The van der Waals surface area contributed by atoms with Crippen LogP contribution < -0.4 is 0 Å². The van der Waals surface area contributed by atoms with Gasteiger partial charge < -0.3 is 9.84 Å². The molecule has 162 valence electrons. The zero-order valence-electron chi connectivity index (χ0n) is 12.9. The summed E-state index contributed by atoms with van der Waals surface area (Å²) in [7, 11) is -5.47. The Bertz CT molecular complexity index is 811. The number of alkyl halides is 9. The van der Waals surface area contributed by atoms with Gasteiger partial charge >= 0.3 is 18.5 Å². The molecule has 1 aromatic carbocycles. The third-order valence-electron chi connectivity index (χ3n) is 3.25. The quantitative estimate of drug-likeness (QED) is 0.526. The first-order valence-electron chi connectivity index (χ1n) is 6.52. The zero-order valence-corrected chi connectivity index (χ0v) is 13.7. The first-order chi connectivity index (χ1) is 12.2. The van der Waals surface area contributed by atoms with Gasteiger partial charge in [0.05, 0.1) is 18.8 Å². The number of hydrogen-bond acceptors (Lipinski definition) is 4. The Morgan fingerprint density at radius 2 is 1.39 bits per heavy atom. The second-order valence-electron chi connectivity index (χ2n) is 5.26. The Hall–Kier alpha value is -1.65. The number of rotatable bonds is 5. The van der Waals surface area contributed by atoms with Gasteiger partial charge in [0.25, 0.3) is 15.7 Å². The summed E-state index contributed by atoms with van der Waals surface area (Å²) >= 11 is 0. The molecule has 0 unspecified atom stereocenters. The molecule has 28 heavy (non-hydrogen) atoms. The molecule has 0 bridgehead atoms. The molecular formula is C12H8F10O5S. The highest BCUT2D eigenvalue weighted by molar-refractivity contribution is 7.85. The van der Waals surface area contributed by atoms with Crippen LogP contribution in [-0.4, -0.2) is 42.6 Å². The minimum absolute atomic E-state index is 0.202. The fraction of sp³-hybridized carbons (Fsp3) is 0.500. The van der Waals surface area contributed by atoms with E-state index in [4.69, 9.17) is 9.66 Å². The Balaban J connectivity index is 3.28. The number of aliphatic hydroxyl groups is 1. The molecule has 0 aliphatic heterocycles. The SMILES string of the molecule is O=S(=O)(O)c1cc(C(F)(F)F)c(COCC(O)(C(F)(F)F)C(F)(F)F)cc1F. The van der Waals surface area contributed by atoms with E-state index in [1.54, 1.807) is 0 Å². The van der Waals surface area contributed by atoms with Gasteiger partial charge in [0.2, 0.25) is 0 Å². The van der Waals surface area contributed by atoms with E-state index in [1.807, 2.05) is 0 Å². The van der Waals surface area contributed by atoms with E-state index in [1.165, 1.54) is 0 Å². The maximum Gasteiger partial charge on any atom is 0.428 e. The smallest absolute Gasteiger partial charge is 0.373 e. The molecule has 0 amide bonds. The molecule has 1 aromatic rings. The third-order valence-corrected chi connectivity index (χ3v) is 4.12. The van der Waals surface area contributed by atoms with Crippen molar-refractivity contribution in [3.63, 3.8) is 0 Å². The second kappa shape index (κ2) is 7.31. The van der Waals surface area contributed by atoms with E-state index >= 15 is 0 Å². The van der Waals surface area contributed by atoms with Crippen LogP contribution in [0.3, 0.4) is 0 Å². The van der Waals surface area contributed by atoms with Gasteiger partial charge in [-0.3, -0.25) is 4.55 Å². The lowest BCUT2D eigenvalue weighted by Gasteiger charge is -2.32. The predicted octanol–water partition coefficient (Wildman–Crippen LogP) is 3.46. The van der Waals surface area contributed by atoms with Gasteiger partial charge in [-0.15, -0.1) is 0 Å². The zero-order chi connectivity index (χ0) is 22.3. The summed E-state index contributed by atoms with van der Waals surface area (Å²) in [5.41, 5.74) is -8.82. The van der Waals surface area contributed by atoms with Crippen molar-refractivity contribution in [2.24, 2.45) is 0 Å². The Kier molecular flexibility index (Phi) is 6.37. The summed E-state index contributed by atoms with van der Waals surface area (Å²) in [6.45, 7) is -4.30. The van der Waals surface area contributed by atoms with Crippen LogP contribution in [-0.2, 0) is 27.6 Å². The summed E-state index contributed by atoms with van der Waals surface area (Å²) in [6, 6.07) is -0.616. The molecule has 0 aliphatic rings. The van der Waals surface area contributed by atoms with Crippen molar-refractivity contribution >= 4 is 10.1 Å². The van der Waals surface area contributed by atoms with Crippen LogP contribution in [0.4, 0.5) is 43.9 Å². The molecule has 0 heterocycles. The fourth-order valence-corrected chi connectivity index (χ4v) is 2.38. The molecule has 0 saturated carbocycles. The van der Waals surface area contributed by atoms with Gasteiger partial charge in [-0.1, -0.05) is 0 Å². The average molecular weight is 454 g/mol. The second-order valence-corrected chi connectivity index (χ2v) is 6.65. The monoisotopic (exact) mass is 454 g/mol. The fourth-order valence-electron chi connectivity index (χ4n) is 1.81. The van der Waals surface area contributed by atoms with Crippen LogP contribution >= 0.6 is 0 Å². The lowest BCUT2D eigenvalue weighted by atomic mass is 10.0. The molecule has 0 radical (unpaired) electrons. The normalized spacial score (nSPS) is 14.4. The first-order valence-corrected chi connectivity index (χ1v) is 7.96. The Morgan fingerprint density at radius 3 is 1.75 bits per heavy atom. The summed E-state index contributed by atoms with van der Waals surface area (Å²) in [5.74, 6) is -1.98. The maximum atomic E-state index is 13.6. The lowest BCUT2D eigenvalue weighted by Crippen LogP contribution is -2.59. The van der Waals surface area contributed by atoms with Crippen LogP contribution in [0.15, 0.2) is 17.0 Å². The summed E-state index contributed by atoms with van der Waals surface area (Å²) in [4.78, 5) is -1.83. The minimum atomic E-state index is -6.31. The van der Waals surface area contributed by atoms with Crippen LogP contribution in [0.25, 0.3) is 0 Å². The minimum Gasteiger partial charge on any atom is -0.373 e. The van der Waals surface area contributed by atoms with Gasteiger partial charge in [0.1, 0.15) is 10.7 Å². The molecule has 0 aliphatic carbocycles. The molecule has 2 N–H and O–H groups in total. The van der Waals surface area contributed by atoms with Crippen molar-refractivity contribution in [3.8, 4) is 0 Å². The topological polar surface area (TPSA) is 83.8 Å². The molecule has 0 aromatic heterocycles. The molecule has 0 fully saturated rings. The standard InChI is InChI=1S/C12H8F10O5S/c13-7-1-5(6(10(14,15)16)2-8(7)28(24,25)26)3-27-4-9(23,11(17,18)19)12(20,21)22/h1-2,23H,3-4H2,(H,24,25,26). The largest absolute Gasteiger partial charge is 0.428 e. The number of hydrogen-bond donors (Lipinski definition) is 2. The average Bonchev–Trinajstić information content (AvgIpc) is 2.41. The Labute approximate surface area is 149 Å². The molecule has 0 atom stereocenters. The summed E-state index contributed by atoms with van der Waals surface area (Å²) in [6.07, 6.45) is -18.1. The van der Waals surface area contributed by atoms with Gasteiger partial charge in [0.15, 0.2) is 0 Å². The molecule has 0 spiro atoms. The van der Waals surface area contributed by atoms with Crippen molar-refractivity contribution in [2.75, 3.05) is 6.61 Å².